The zero-order chi connectivity index (χ0) is 29.9. The molecule has 0 bridgehead atoms. The van der Waals surface area contributed by atoms with E-state index in [-0.39, 0.29) is 42.2 Å². The van der Waals surface area contributed by atoms with Crippen LogP contribution in [0.3, 0.4) is 0 Å². The molecule has 222 valence electrons. The predicted molar refractivity (Wildman–Crippen MR) is 164 cm³/mol. The molecule has 0 saturated carbocycles. The van der Waals surface area contributed by atoms with Crippen molar-refractivity contribution in [1.29, 1.82) is 0 Å². The number of anilines is 1. The summed E-state index contributed by atoms with van der Waals surface area (Å²) in [6.45, 7) is 4.50. The second-order valence-corrected chi connectivity index (χ2v) is 13.5. The van der Waals surface area contributed by atoms with Crippen molar-refractivity contribution in [1.82, 2.24) is 24.8 Å². The Kier molecular flexibility index (Phi) is 6.89. The number of thioether (sulfide) groups is 1. The minimum absolute atomic E-state index is 0.107. The number of carbonyl (C=O) groups excluding carboxylic acids is 3. The summed E-state index contributed by atoms with van der Waals surface area (Å²) >= 11 is 1.54. The molecule has 1 spiro atoms. The molecule has 1 aromatic heterocycles. The first-order chi connectivity index (χ1) is 20.9. The quantitative estimate of drug-likeness (QED) is 0.435. The summed E-state index contributed by atoms with van der Waals surface area (Å²) in [5.74, 6) is -2.11. The monoisotopic (exact) mass is 598 g/mol. The Labute approximate surface area is 254 Å². The molecule has 6 atom stereocenters. The number of benzene rings is 2. The Balaban J connectivity index is 1.31. The zero-order valence-corrected chi connectivity index (χ0v) is 24.9. The van der Waals surface area contributed by atoms with Gasteiger partial charge < -0.3 is 19.8 Å². The molecule has 0 radical (unpaired) electrons. The molecule has 2 saturated heterocycles. The number of aliphatic hydroxyl groups is 1. The van der Waals surface area contributed by atoms with Crippen LogP contribution in [0.25, 0.3) is 11.0 Å². The summed E-state index contributed by atoms with van der Waals surface area (Å²) in [7, 11) is 0. The maximum Gasteiger partial charge on any atom is 0.248 e. The molecular formula is C32H34N6O4S. The number of nitrogens with zero attached hydrogens (tertiary/aromatic N) is 6. The van der Waals surface area contributed by atoms with E-state index in [1.807, 2.05) is 92.7 Å². The van der Waals surface area contributed by atoms with Crippen LogP contribution in [0.5, 0.6) is 0 Å². The highest BCUT2D eigenvalue weighted by molar-refractivity contribution is 8.02. The molecule has 2 aromatic carbocycles. The topological polar surface area (TPSA) is 112 Å². The van der Waals surface area contributed by atoms with Crippen LogP contribution in [0.1, 0.15) is 13.8 Å². The number of hydrogen-bond donors (Lipinski definition) is 1. The smallest absolute Gasteiger partial charge is 0.248 e. The highest BCUT2D eigenvalue weighted by atomic mass is 32.2. The lowest BCUT2D eigenvalue weighted by molar-refractivity contribution is -0.147. The first-order valence-electron chi connectivity index (χ1n) is 14.7. The molecule has 7 rings (SSSR count). The van der Waals surface area contributed by atoms with Crippen LogP contribution in [-0.2, 0) is 21.1 Å². The fourth-order valence-electron chi connectivity index (χ4n) is 7.25. The van der Waals surface area contributed by atoms with Crippen LogP contribution >= 0.6 is 11.8 Å². The Morgan fingerprint density at radius 2 is 1.74 bits per heavy atom. The van der Waals surface area contributed by atoms with Gasteiger partial charge in [0.2, 0.25) is 17.7 Å². The molecule has 4 aliphatic rings. The van der Waals surface area contributed by atoms with E-state index in [0.29, 0.717) is 13.1 Å². The molecule has 1 unspecified atom stereocenters. The van der Waals surface area contributed by atoms with Gasteiger partial charge in [-0.15, -0.1) is 16.9 Å². The number of rotatable bonds is 6. The van der Waals surface area contributed by atoms with E-state index in [0.717, 1.165) is 16.7 Å². The summed E-state index contributed by atoms with van der Waals surface area (Å²) in [6.07, 6.45) is 7.98. The second-order valence-electron chi connectivity index (χ2n) is 12.0. The van der Waals surface area contributed by atoms with Crippen LogP contribution in [0.15, 0.2) is 78.9 Å². The van der Waals surface area contributed by atoms with Gasteiger partial charge in [-0.1, -0.05) is 73.7 Å². The SMILES string of the molecule is CC(C)[C@H](CO)N1C(=O)[C@@H]2[C@@H]3C(=O)N(c4ccccc4)CC=C[C@@H]3S[C@@]23C=CCN(Cn2nnc4ccccc42)C(=O)C13. The zero-order valence-electron chi connectivity index (χ0n) is 24.1. The molecule has 11 heteroatoms. The lowest BCUT2D eigenvalue weighted by atomic mass is 9.78. The molecule has 10 nitrogen and oxygen atoms in total. The molecule has 3 amide bonds. The summed E-state index contributed by atoms with van der Waals surface area (Å²) in [4.78, 5) is 48.7. The minimum atomic E-state index is -0.968. The first-order valence-corrected chi connectivity index (χ1v) is 15.6. The number of fused-ring (bicyclic) bond motifs is 3. The van der Waals surface area contributed by atoms with Crippen LogP contribution in [-0.4, -0.2) is 89.4 Å². The predicted octanol–water partition coefficient (Wildman–Crippen LogP) is 2.70. The van der Waals surface area contributed by atoms with E-state index in [1.54, 1.807) is 31.1 Å². The molecule has 43 heavy (non-hydrogen) atoms. The van der Waals surface area contributed by atoms with Crippen molar-refractivity contribution in [3.05, 3.63) is 78.9 Å². The lowest BCUT2D eigenvalue weighted by Gasteiger charge is -2.39. The van der Waals surface area contributed by atoms with Crippen molar-refractivity contribution in [2.45, 2.75) is 42.6 Å². The number of carbonyl (C=O) groups is 3. The molecular weight excluding hydrogens is 564 g/mol. The largest absolute Gasteiger partial charge is 0.394 e. The van der Waals surface area contributed by atoms with Gasteiger partial charge >= 0.3 is 0 Å². The van der Waals surface area contributed by atoms with Gasteiger partial charge in [0.25, 0.3) is 0 Å². The van der Waals surface area contributed by atoms with Crippen molar-refractivity contribution in [2.75, 3.05) is 24.6 Å². The van der Waals surface area contributed by atoms with E-state index >= 15 is 0 Å². The molecule has 2 fully saturated rings. The third kappa shape index (κ3) is 4.23. The van der Waals surface area contributed by atoms with E-state index in [4.69, 9.17) is 0 Å². The Hall–Kier alpha value is -3.96. The highest BCUT2D eigenvalue weighted by Crippen LogP contribution is 2.61. The third-order valence-corrected chi connectivity index (χ3v) is 11.0. The molecule has 0 aliphatic carbocycles. The summed E-state index contributed by atoms with van der Waals surface area (Å²) < 4.78 is 0.726. The Morgan fingerprint density at radius 3 is 2.51 bits per heavy atom. The average Bonchev–Trinajstić information content (AvgIpc) is 3.56. The number of aliphatic hydroxyl groups excluding tert-OH is 1. The summed E-state index contributed by atoms with van der Waals surface area (Å²) in [5.41, 5.74) is 2.31. The third-order valence-electron chi connectivity index (χ3n) is 9.29. The van der Waals surface area contributed by atoms with E-state index in [2.05, 4.69) is 10.3 Å². The van der Waals surface area contributed by atoms with Gasteiger partial charge in [0.05, 0.1) is 34.7 Å². The van der Waals surface area contributed by atoms with Crippen LogP contribution in [0, 0.1) is 17.8 Å². The molecule has 1 N–H and O–H groups in total. The summed E-state index contributed by atoms with van der Waals surface area (Å²) in [6, 6.07) is 15.6. The van der Waals surface area contributed by atoms with Gasteiger partial charge in [-0.3, -0.25) is 14.4 Å². The van der Waals surface area contributed by atoms with Gasteiger partial charge in [-0.25, -0.2) is 4.68 Å². The van der Waals surface area contributed by atoms with Gasteiger partial charge in [-0.2, -0.15) is 0 Å². The van der Waals surface area contributed by atoms with Gasteiger partial charge in [0, 0.05) is 24.0 Å². The minimum Gasteiger partial charge on any atom is -0.394 e. The normalized spacial score (nSPS) is 29.2. The first kappa shape index (κ1) is 27.8. The second kappa shape index (κ2) is 10.6. The Morgan fingerprint density at radius 1 is 0.977 bits per heavy atom. The van der Waals surface area contributed by atoms with Crippen molar-refractivity contribution < 1.29 is 19.5 Å². The number of likely N-dealkylation sites (tertiary alicyclic amines) is 1. The van der Waals surface area contributed by atoms with Crippen LogP contribution < -0.4 is 4.90 Å². The van der Waals surface area contributed by atoms with E-state index in [9.17, 15) is 19.5 Å². The van der Waals surface area contributed by atoms with Crippen molar-refractivity contribution in [3.8, 4) is 0 Å². The van der Waals surface area contributed by atoms with Gasteiger partial charge in [0.1, 0.15) is 18.2 Å². The van der Waals surface area contributed by atoms with E-state index in [1.165, 1.54) is 0 Å². The fraction of sp³-hybridized carbons (Fsp3) is 0.406. The number of aromatic nitrogens is 3. The molecule has 3 aromatic rings. The van der Waals surface area contributed by atoms with Gasteiger partial charge in [-0.05, 0) is 30.2 Å². The van der Waals surface area contributed by atoms with Crippen LogP contribution in [0.2, 0.25) is 0 Å². The van der Waals surface area contributed by atoms with Crippen molar-refractivity contribution in [3.63, 3.8) is 0 Å². The highest BCUT2D eigenvalue weighted by Gasteiger charge is 2.72. The van der Waals surface area contributed by atoms with Crippen LogP contribution in [0.4, 0.5) is 5.69 Å². The fourth-order valence-corrected chi connectivity index (χ4v) is 9.24. The Bertz CT molecular complexity index is 1640. The van der Waals surface area contributed by atoms with Crippen molar-refractivity contribution in [2.24, 2.45) is 17.8 Å². The number of para-hydroxylation sites is 2. The average molecular weight is 599 g/mol. The van der Waals surface area contributed by atoms with Crippen molar-refractivity contribution >= 4 is 46.2 Å². The lowest BCUT2D eigenvalue weighted by Crippen LogP contribution is -2.57. The standard InChI is InChI=1S/C32H34N6O4S/c1-20(2)24(18-39)38-28-31(42)35(19-37-23-13-7-6-12-22(23)33-34-37)16-9-15-32(28)27(30(38)41)26-25(43-32)14-8-17-36(29(26)40)21-10-4-3-5-11-21/h3-15,20,24-28,39H,16-19H2,1-2H3/t24-,25-,26+,27-,28?,32-/m0/s1. The van der Waals surface area contributed by atoms with E-state index < -0.39 is 28.7 Å². The summed E-state index contributed by atoms with van der Waals surface area (Å²) in [5, 5.41) is 18.8. The molecule has 5 heterocycles. The number of hydrogen-bond acceptors (Lipinski definition) is 7. The maximum atomic E-state index is 14.7. The van der Waals surface area contributed by atoms with Gasteiger partial charge in [0.15, 0.2) is 0 Å². The maximum absolute atomic E-state index is 14.7. The molecule has 4 aliphatic heterocycles. The number of amides is 3.